The van der Waals surface area contributed by atoms with Gasteiger partial charge in [0.25, 0.3) is 0 Å². The molecule has 0 atom stereocenters. The molecule has 0 spiro atoms. The van der Waals surface area contributed by atoms with Crippen LogP contribution < -0.4 is 0 Å². The molecule has 0 saturated carbocycles. The average molecular weight is 261 g/mol. The molecule has 1 aromatic heterocycles. The van der Waals surface area contributed by atoms with E-state index in [-0.39, 0.29) is 16.1 Å². The minimum atomic E-state index is -1.01. The molecule has 16 heavy (non-hydrogen) atoms. The van der Waals surface area contributed by atoms with Crippen molar-refractivity contribution in [2.24, 2.45) is 0 Å². The van der Waals surface area contributed by atoms with E-state index in [2.05, 4.69) is 0 Å². The lowest BCUT2D eigenvalue weighted by Gasteiger charge is -2.01. The van der Waals surface area contributed by atoms with E-state index in [1.54, 1.807) is 0 Å². The molecule has 3 nitrogen and oxygen atoms in total. The van der Waals surface area contributed by atoms with Crippen molar-refractivity contribution in [1.82, 2.24) is 0 Å². The van der Waals surface area contributed by atoms with Crippen LogP contribution in [0.1, 0.15) is 5.56 Å². The number of carboxylic acid groups (broad SMARTS) is 1. The summed E-state index contributed by atoms with van der Waals surface area (Å²) in [6, 6.07) is 1.08. The van der Waals surface area contributed by atoms with E-state index in [0.717, 1.165) is 17.4 Å². The monoisotopic (exact) mass is 260 g/mol. The molecule has 0 aliphatic carbocycles. The van der Waals surface area contributed by atoms with Crippen LogP contribution in [0, 0.1) is 5.82 Å². The standard InChI is InChI=1S/C10H6ClFO3S/c11-5-2-6(13)9(12)10-8(5)4(3-16-10)1-7(14)15/h2-3,13H,1H2,(H,14,15). The highest BCUT2D eigenvalue weighted by Gasteiger charge is 2.17. The van der Waals surface area contributed by atoms with Crippen LogP contribution in [-0.4, -0.2) is 16.2 Å². The highest BCUT2D eigenvalue weighted by atomic mass is 35.5. The number of rotatable bonds is 2. The van der Waals surface area contributed by atoms with Gasteiger partial charge >= 0.3 is 5.97 Å². The van der Waals surface area contributed by atoms with Gasteiger partial charge in [0.05, 0.1) is 16.1 Å². The van der Waals surface area contributed by atoms with Gasteiger partial charge in [0.2, 0.25) is 0 Å². The number of carboxylic acids is 1. The number of hydrogen-bond acceptors (Lipinski definition) is 3. The molecule has 0 aliphatic rings. The SMILES string of the molecule is O=C(O)Cc1csc2c(F)c(O)cc(Cl)c12. The van der Waals surface area contributed by atoms with Gasteiger partial charge in [-0.05, 0) is 10.9 Å². The highest BCUT2D eigenvalue weighted by molar-refractivity contribution is 7.17. The maximum atomic E-state index is 13.5. The Kier molecular flexibility index (Phi) is 2.73. The summed E-state index contributed by atoms with van der Waals surface area (Å²) in [6.45, 7) is 0. The van der Waals surface area contributed by atoms with E-state index >= 15 is 0 Å². The van der Waals surface area contributed by atoms with Gasteiger partial charge in [0.15, 0.2) is 11.6 Å². The first-order valence-corrected chi connectivity index (χ1v) is 5.55. The van der Waals surface area contributed by atoms with Gasteiger partial charge in [0.1, 0.15) is 0 Å². The second-order valence-electron chi connectivity index (χ2n) is 3.23. The molecule has 0 aliphatic heterocycles. The minimum Gasteiger partial charge on any atom is -0.505 e. The molecule has 2 N–H and O–H groups in total. The molecule has 2 rings (SSSR count). The predicted octanol–water partition coefficient (Wildman–Crippen LogP) is 3.03. The first kappa shape index (κ1) is 11.2. The van der Waals surface area contributed by atoms with Gasteiger partial charge in [0, 0.05) is 11.5 Å². The fourth-order valence-corrected chi connectivity index (χ4v) is 2.89. The van der Waals surface area contributed by atoms with Crippen LogP contribution in [0.15, 0.2) is 11.4 Å². The van der Waals surface area contributed by atoms with Crippen LogP contribution in [0.4, 0.5) is 4.39 Å². The Balaban J connectivity index is 2.72. The summed E-state index contributed by atoms with van der Waals surface area (Å²) < 4.78 is 13.7. The predicted molar refractivity (Wildman–Crippen MR) is 59.8 cm³/mol. The third-order valence-electron chi connectivity index (χ3n) is 2.14. The zero-order valence-corrected chi connectivity index (χ0v) is 9.40. The molecule has 0 fully saturated rings. The lowest BCUT2D eigenvalue weighted by Crippen LogP contribution is -1.99. The molecule has 2 aromatic rings. The van der Waals surface area contributed by atoms with E-state index in [4.69, 9.17) is 16.7 Å². The van der Waals surface area contributed by atoms with Gasteiger partial charge in [-0.15, -0.1) is 11.3 Å². The number of phenols is 1. The highest BCUT2D eigenvalue weighted by Crippen LogP contribution is 2.38. The number of phenolic OH excluding ortho intramolecular Hbond substituents is 1. The first-order valence-electron chi connectivity index (χ1n) is 4.29. The van der Waals surface area contributed by atoms with Crippen LogP contribution in [-0.2, 0) is 11.2 Å². The van der Waals surface area contributed by atoms with Crippen LogP contribution in [0.25, 0.3) is 10.1 Å². The molecular weight excluding hydrogens is 255 g/mol. The van der Waals surface area contributed by atoms with Crippen molar-refractivity contribution < 1.29 is 19.4 Å². The second kappa shape index (κ2) is 3.92. The average Bonchev–Trinajstić information content (AvgIpc) is 2.58. The summed E-state index contributed by atoms with van der Waals surface area (Å²) >= 11 is 6.88. The quantitative estimate of drug-likeness (QED) is 0.873. The minimum absolute atomic E-state index is 0.159. The number of halogens is 2. The Morgan fingerprint density at radius 3 is 2.88 bits per heavy atom. The summed E-state index contributed by atoms with van der Waals surface area (Å²) in [7, 11) is 0. The van der Waals surface area contributed by atoms with Crippen molar-refractivity contribution in [2.45, 2.75) is 6.42 Å². The molecule has 0 unspecified atom stereocenters. The number of carbonyl (C=O) groups is 1. The number of aliphatic carboxylic acids is 1. The normalized spacial score (nSPS) is 10.9. The second-order valence-corrected chi connectivity index (χ2v) is 4.51. The molecule has 0 radical (unpaired) electrons. The smallest absolute Gasteiger partial charge is 0.307 e. The van der Waals surface area contributed by atoms with E-state index in [1.165, 1.54) is 5.38 Å². The Morgan fingerprint density at radius 1 is 1.56 bits per heavy atom. The van der Waals surface area contributed by atoms with Crippen molar-refractivity contribution in [2.75, 3.05) is 0 Å². The Labute approximate surface area is 98.7 Å². The summed E-state index contributed by atoms with van der Waals surface area (Å²) in [4.78, 5) is 10.6. The van der Waals surface area contributed by atoms with Crippen molar-refractivity contribution in [3.63, 3.8) is 0 Å². The fourth-order valence-electron chi connectivity index (χ4n) is 1.48. The Hall–Kier alpha value is -1.33. The van der Waals surface area contributed by atoms with Gasteiger partial charge in [-0.3, -0.25) is 4.79 Å². The van der Waals surface area contributed by atoms with Crippen LogP contribution >= 0.6 is 22.9 Å². The zero-order valence-electron chi connectivity index (χ0n) is 7.83. The van der Waals surface area contributed by atoms with Crippen molar-refractivity contribution in [1.29, 1.82) is 0 Å². The first-order chi connectivity index (χ1) is 7.50. The number of aromatic hydroxyl groups is 1. The third-order valence-corrected chi connectivity index (χ3v) is 3.45. The topological polar surface area (TPSA) is 57.5 Å². The zero-order chi connectivity index (χ0) is 11.9. The Bertz CT molecular complexity index is 579. The molecule has 1 heterocycles. The van der Waals surface area contributed by atoms with Crippen molar-refractivity contribution in [3.05, 3.63) is 27.8 Å². The lowest BCUT2D eigenvalue weighted by molar-refractivity contribution is -0.136. The number of fused-ring (bicyclic) bond motifs is 1. The molecule has 84 valence electrons. The maximum absolute atomic E-state index is 13.5. The number of thiophene rings is 1. The summed E-state index contributed by atoms with van der Waals surface area (Å²) in [5.41, 5.74) is 0.455. The van der Waals surface area contributed by atoms with E-state index in [1.807, 2.05) is 0 Å². The van der Waals surface area contributed by atoms with Crippen molar-refractivity contribution in [3.8, 4) is 5.75 Å². The molecular formula is C10H6ClFO3S. The lowest BCUT2D eigenvalue weighted by atomic mass is 10.1. The van der Waals surface area contributed by atoms with Gasteiger partial charge in [-0.25, -0.2) is 4.39 Å². The van der Waals surface area contributed by atoms with E-state index < -0.39 is 17.5 Å². The summed E-state index contributed by atoms with van der Waals surface area (Å²) in [5.74, 6) is -2.30. The third kappa shape index (κ3) is 1.72. The molecule has 0 amide bonds. The summed E-state index contributed by atoms with van der Waals surface area (Å²) in [5, 5.41) is 20.0. The molecule has 0 bridgehead atoms. The van der Waals surface area contributed by atoms with E-state index in [0.29, 0.717) is 10.9 Å². The van der Waals surface area contributed by atoms with Crippen LogP contribution in [0.5, 0.6) is 5.75 Å². The molecule has 0 saturated heterocycles. The van der Waals surface area contributed by atoms with E-state index in [9.17, 15) is 14.3 Å². The fraction of sp³-hybridized carbons (Fsp3) is 0.100. The van der Waals surface area contributed by atoms with Crippen molar-refractivity contribution >= 4 is 39.0 Å². The van der Waals surface area contributed by atoms with Gasteiger partial charge in [-0.1, -0.05) is 11.6 Å². The molecule has 1 aromatic carbocycles. The maximum Gasteiger partial charge on any atom is 0.307 e. The molecule has 6 heteroatoms. The van der Waals surface area contributed by atoms with Crippen LogP contribution in [0.3, 0.4) is 0 Å². The van der Waals surface area contributed by atoms with Crippen LogP contribution in [0.2, 0.25) is 5.02 Å². The number of hydrogen-bond donors (Lipinski definition) is 2. The van der Waals surface area contributed by atoms with Gasteiger partial charge in [-0.2, -0.15) is 0 Å². The summed E-state index contributed by atoms with van der Waals surface area (Å²) in [6.07, 6.45) is -0.218. The number of benzene rings is 1. The Morgan fingerprint density at radius 2 is 2.25 bits per heavy atom. The largest absolute Gasteiger partial charge is 0.505 e. The van der Waals surface area contributed by atoms with Gasteiger partial charge < -0.3 is 10.2 Å².